The van der Waals surface area contributed by atoms with Crippen molar-refractivity contribution in [3.63, 3.8) is 0 Å². The van der Waals surface area contributed by atoms with Crippen molar-refractivity contribution in [1.82, 2.24) is 0 Å². The molecule has 0 amide bonds. The lowest BCUT2D eigenvalue weighted by molar-refractivity contribution is 1.27. The first-order chi connectivity index (χ1) is 21.4. The maximum atomic E-state index is 2.54. The molecule has 0 spiro atoms. The Bertz CT molecular complexity index is 2160. The first-order valence-electron chi connectivity index (χ1n) is 14.9. The fraction of sp³-hybridized carbons (Fsp3) is 0. The molecule has 0 aliphatic carbocycles. The Morgan fingerprint density at radius 2 is 1.00 bits per heavy atom. The van der Waals surface area contributed by atoms with Crippen LogP contribution in [0.3, 0.4) is 0 Å². The normalized spacial score (nSPS) is 13.0. The molecule has 2 aliphatic heterocycles. The second-order valence-electron chi connectivity index (χ2n) is 11.3. The van der Waals surface area contributed by atoms with Gasteiger partial charge in [-0.05, 0) is 75.3 Å². The van der Waals surface area contributed by atoms with E-state index in [2.05, 4.69) is 174 Å². The van der Waals surface area contributed by atoms with Crippen molar-refractivity contribution in [3.8, 4) is 22.3 Å². The van der Waals surface area contributed by atoms with Crippen molar-refractivity contribution < 1.29 is 0 Å². The van der Waals surface area contributed by atoms with Gasteiger partial charge in [0.2, 0.25) is 0 Å². The molecular formula is C40H27BN2. The Balaban J connectivity index is 1.39. The third kappa shape index (κ3) is 3.61. The van der Waals surface area contributed by atoms with E-state index < -0.39 is 0 Å². The van der Waals surface area contributed by atoms with Crippen LogP contribution in [-0.4, -0.2) is 6.85 Å². The highest BCUT2D eigenvalue weighted by Gasteiger charge is 2.44. The highest BCUT2D eigenvalue weighted by molar-refractivity contribution is 6.93. The molecule has 7 aromatic carbocycles. The van der Waals surface area contributed by atoms with Crippen molar-refractivity contribution >= 4 is 57.0 Å². The smallest absolute Gasteiger partial charge is 0.333 e. The third-order valence-corrected chi connectivity index (χ3v) is 9.01. The Morgan fingerprint density at radius 1 is 0.395 bits per heavy atom. The molecule has 0 fully saturated rings. The van der Waals surface area contributed by atoms with Crippen LogP contribution in [-0.2, 0) is 0 Å². The van der Waals surface area contributed by atoms with Crippen LogP contribution in [0.25, 0.3) is 33.0 Å². The number of anilines is 5. The fourth-order valence-corrected chi connectivity index (χ4v) is 7.20. The molecule has 7 aromatic rings. The van der Waals surface area contributed by atoms with Crippen LogP contribution in [0.15, 0.2) is 164 Å². The van der Waals surface area contributed by atoms with Gasteiger partial charge in [-0.2, -0.15) is 0 Å². The van der Waals surface area contributed by atoms with E-state index in [0.717, 1.165) is 0 Å². The Kier molecular flexibility index (Phi) is 5.33. The van der Waals surface area contributed by atoms with Crippen LogP contribution in [0, 0.1) is 0 Å². The SMILES string of the molecule is c1ccc(-c2cc3ccccc3cc2N2c3ccccc3B3c4c(cccc42)-c2ccccc2N3c2ccccc2)cc1. The average Bonchev–Trinajstić information content (AvgIpc) is 3.08. The topological polar surface area (TPSA) is 6.48 Å². The molecular weight excluding hydrogens is 519 g/mol. The van der Waals surface area contributed by atoms with E-state index in [-0.39, 0.29) is 6.85 Å². The fourth-order valence-electron chi connectivity index (χ4n) is 7.20. The van der Waals surface area contributed by atoms with Gasteiger partial charge in [0.1, 0.15) is 0 Å². The number of hydrogen-bond acceptors (Lipinski definition) is 2. The molecule has 2 aliphatic rings. The van der Waals surface area contributed by atoms with Crippen LogP contribution in [0.2, 0.25) is 0 Å². The van der Waals surface area contributed by atoms with Crippen molar-refractivity contribution in [2.75, 3.05) is 9.71 Å². The highest BCUT2D eigenvalue weighted by atomic mass is 15.2. The zero-order valence-corrected chi connectivity index (χ0v) is 23.6. The lowest BCUT2D eigenvalue weighted by Gasteiger charge is -2.46. The molecule has 2 heterocycles. The lowest BCUT2D eigenvalue weighted by atomic mass is 9.43. The number of rotatable bonds is 3. The van der Waals surface area contributed by atoms with E-state index in [0.29, 0.717) is 0 Å². The Morgan fingerprint density at radius 3 is 1.81 bits per heavy atom. The summed E-state index contributed by atoms with van der Waals surface area (Å²) in [6.07, 6.45) is 0. The summed E-state index contributed by atoms with van der Waals surface area (Å²) in [5, 5.41) is 2.48. The van der Waals surface area contributed by atoms with Crippen LogP contribution >= 0.6 is 0 Å². The van der Waals surface area contributed by atoms with E-state index >= 15 is 0 Å². The van der Waals surface area contributed by atoms with E-state index in [1.54, 1.807) is 0 Å². The van der Waals surface area contributed by atoms with Gasteiger partial charge in [-0.1, -0.05) is 121 Å². The maximum Gasteiger partial charge on any atom is 0.333 e. The molecule has 0 bridgehead atoms. The van der Waals surface area contributed by atoms with Gasteiger partial charge in [-0.3, -0.25) is 0 Å². The minimum Gasteiger partial charge on any atom is -0.376 e. The minimum absolute atomic E-state index is 0.0385. The molecule has 0 aromatic heterocycles. The highest BCUT2D eigenvalue weighted by Crippen LogP contribution is 2.48. The monoisotopic (exact) mass is 546 g/mol. The van der Waals surface area contributed by atoms with Crippen LogP contribution in [0.4, 0.5) is 28.4 Å². The number of nitrogens with zero attached hydrogens (tertiary/aromatic N) is 2. The second kappa shape index (κ2) is 9.50. The quantitative estimate of drug-likeness (QED) is 0.204. The number of benzene rings is 7. The first-order valence-corrected chi connectivity index (χ1v) is 14.9. The lowest BCUT2D eigenvalue weighted by Crippen LogP contribution is -2.61. The van der Waals surface area contributed by atoms with Crippen molar-refractivity contribution in [2.45, 2.75) is 0 Å². The van der Waals surface area contributed by atoms with Crippen molar-refractivity contribution in [2.24, 2.45) is 0 Å². The summed E-state index contributed by atoms with van der Waals surface area (Å²) in [6, 6.07) is 59.7. The van der Waals surface area contributed by atoms with Gasteiger partial charge in [0.05, 0.1) is 5.69 Å². The average molecular weight is 546 g/mol. The largest absolute Gasteiger partial charge is 0.376 e. The van der Waals surface area contributed by atoms with Crippen LogP contribution in [0.1, 0.15) is 0 Å². The molecule has 0 atom stereocenters. The summed E-state index contributed by atoms with van der Waals surface area (Å²) in [5.74, 6) is 0. The number of fused-ring (bicyclic) bond motifs is 5. The molecule has 43 heavy (non-hydrogen) atoms. The number of para-hydroxylation sites is 3. The van der Waals surface area contributed by atoms with E-state index in [4.69, 9.17) is 0 Å². The predicted molar refractivity (Wildman–Crippen MR) is 183 cm³/mol. The molecule has 9 rings (SSSR count). The molecule has 200 valence electrons. The van der Waals surface area contributed by atoms with Crippen molar-refractivity contribution in [3.05, 3.63) is 164 Å². The molecule has 0 saturated carbocycles. The van der Waals surface area contributed by atoms with Gasteiger partial charge in [-0.25, -0.2) is 0 Å². The van der Waals surface area contributed by atoms with Crippen LogP contribution < -0.4 is 20.6 Å². The molecule has 0 radical (unpaired) electrons. The van der Waals surface area contributed by atoms with E-state index in [1.165, 1.54) is 72.4 Å². The standard InChI is InChI=1S/C40H27BN2/c1-3-14-28(15-4-1)34-26-29-16-7-8-17-30(29)27-39(34)42-37-24-12-10-22-35(37)41-40-33(21-13-25-38(40)42)32-20-9-11-23-36(32)43(41)31-18-5-2-6-19-31/h1-27H. The van der Waals surface area contributed by atoms with E-state index in [1.807, 2.05) is 0 Å². The Labute approximate surface area is 252 Å². The summed E-state index contributed by atoms with van der Waals surface area (Å²) in [5.41, 5.74) is 13.7. The molecule has 3 heteroatoms. The van der Waals surface area contributed by atoms with Gasteiger partial charge in [0, 0.05) is 33.9 Å². The molecule has 0 N–H and O–H groups in total. The molecule has 2 nitrogen and oxygen atoms in total. The molecule has 0 unspecified atom stereocenters. The zero-order chi connectivity index (χ0) is 28.3. The predicted octanol–water partition coefficient (Wildman–Crippen LogP) is 9.21. The summed E-state index contributed by atoms with van der Waals surface area (Å²) < 4.78 is 0. The number of hydrogen-bond donors (Lipinski definition) is 0. The van der Waals surface area contributed by atoms with Crippen LogP contribution in [0.5, 0.6) is 0 Å². The minimum atomic E-state index is 0.0385. The van der Waals surface area contributed by atoms with Gasteiger partial charge >= 0.3 is 6.85 Å². The summed E-state index contributed by atoms with van der Waals surface area (Å²) in [4.78, 5) is 5.05. The van der Waals surface area contributed by atoms with Gasteiger partial charge < -0.3 is 9.71 Å². The Hall–Kier alpha value is -5.54. The van der Waals surface area contributed by atoms with Gasteiger partial charge in [0.15, 0.2) is 0 Å². The third-order valence-electron chi connectivity index (χ3n) is 9.01. The van der Waals surface area contributed by atoms with Gasteiger partial charge in [0.25, 0.3) is 0 Å². The summed E-state index contributed by atoms with van der Waals surface area (Å²) in [6.45, 7) is 0.0385. The second-order valence-corrected chi connectivity index (χ2v) is 11.3. The first kappa shape index (κ1) is 24.1. The van der Waals surface area contributed by atoms with Gasteiger partial charge in [-0.15, -0.1) is 0 Å². The van der Waals surface area contributed by atoms with Crippen molar-refractivity contribution in [1.29, 1.82) is 0 Å². The summed E-state index contributed by atoms with van der Waals surface area (Å²) >= 11 is 0. The summed E-state index contributed by atoms with van der Waals surface area (Å²) in [7, 11) is 0. The van der Waals surface area contributed by atoms with E-state index in [9.17, 15) is 0 Å². The maximum absolute atomic E-state index is 2.54. The molecule has 0 saturated heterocycles. The zero-order valence-electron chi connectivity index (χ0n) is 23.6.